The number of halogens is 2. The third-order valence-corrected chi connectivity index (χ3v) is 4.97. The maximum absolute atomic E-state index is 14.5. The molecule has 0 spiro atoms. The fraction of sp³-hybridized carbons (Fsp3) is 0.421. The molecule has 1 unspecified atom stereocenters. The lowest BCUT2D eigenvalue weighted by Crippen LogP contribution is -2.33. The Morgan fingerprint density at radius 1 is 1.31 bits per heavy atom. The van der Waals surface area contributed by atoms with Crippen LogP contribution in [0.1, 0.15) is 25.8 Å². The van der Waals surface area contributed by atoms with E-state index in [4.69, 9.17) is 4.74 Å². The summed E-state index contributed by atoms with van der Waals surface area (Å²) in [6, 6.07) is 2.31. The van der Waals surface area contributed by atoms with Crippen LogP contribution in [0.15, 0.2) is 18.2 Å². The standard InChI is InChI=1S/C17H18F2N2O3S.C2H5NO/c1-10(22)20-8-13-9-21(17(23)24-13)12-6-14(18)16(15(19)7-12)11-2-4-25-5-3-11;1-2(3)4/h2,6-7,13H,3-5,8-9H2,1H3,(H,20,22);1H3,(H2,3,4). The number of allylic oxidation sites excluding steroid dienone is 1. The van der Waals surface area contributed by atoms with Gasteiger partial charge in [-0.1, -0.05) is 6.08 Å². The molecule has 0 aromatic heterocycles. The second-order valence-electron chi connectivity index (χ2n) is 6.50. The van der Waals surface area contributed by atoms with Crippen LogP contribution < -0.4 is 16.0 Å². The van der Waals surface area contributed by atoms with Crippen LogP contribution in [0.5, 0.6) is 0 Å². The Morgan fingerprint density at radius 2 is 1.93 bits per heavy atom. The molecule has 0 saturated carbocycles. The highest BCUT2D eigenvalue weighted by Crippen LogP contribution is 2.33. The predicted octanol–water partition coefficient (Wildman–Crippen LogP) is 2.44. The third-order valence-electron chi connectivity index (χ3n) is 4.08. The van der Waals surface area contributed by atoms with E-state index in [1.165, 1.54) is 18.7 Å². The molecule has 158 valence electrons. The third kappa shape index (κ3) is 6.45. The number of nitrogens with one attached hydrogen (secondary N) is 1. The summed E-state index contributed by atoms with van der Waals surface area (Å²) in [5, 5.41) is 2.55. The number of ether oxygens (including phenoxy) is 1. The summed E-state index contributed by atoms with van der Waals surface area (Å²) >= 11 is 1.72. The first-order valence-electron chi connectivity index (χ1n) is 8.93. The minimum Gasteiger partial charge on any atom is -0.442 e. The monoisotopic (exact) mass is 427 g/mol. The predicted molar refractivity (Wildman–Crippen MR) is 107 cm³/mol. The Bertz CT molecular complexity index is 805. The van der Waals surface area contributed by atoms with E-state index in [1.807, 2.05) is 6.08 Å². The quantitative estimate of drug-likeness (QED) is 0.769. The highest BCUT2D eigenvalue weighted by atomic mass is 32.2. The van der Waals surface area contributed by atoms with E-state index >= 15 is 0 Å². The lowest BCUT2D eigenvalue weighted by atomic mass is 10.0. The number of nitrogens with two attached hydrogens (primary N) is 1. The van der Waals surface area contributed by atoms with Gasteiger partial charge < -0.3 is 15.8 Å². The van der Waals surface area contributed by atoms with Crippen LogP contribution in [-0.2, 0) is 14.3 Å². The number of amides is 3. The number of carbonyl (C=O) groups is 3. The average Bonchev–Trinajstić information content (AvgIpc) is 3.00. The van der Waals surface area contributed by atoms with Crippen molar-refractivity contribution in [1.82, 2.24) is 5.32 Å². The zero-order chi connectivity index (χ0) is 21.6. The number of cyclic esters (lactones) is 1. The first kappa shape index (κ1) is 22.7. The van der Waals surface area contributed by atoms with Crippen molar-refractivity contribution in [2.45, 2.75) is 26.4 Å². The SMILES string of the molecule is CC(=O)NCC1CN(c2cc(F)c(C3=CCSCC3)c(F)c2)C(=O)O1.CC(N)=O. The molecule has 0 aliphatic carbocycles. The summed E-state index contributed by atoms with van der Waals surface area (Å²) < 4.78 is 34.1. The number of hydrogen-bond acceptors (Lipinski definition) is 5. The van der Waals surface area contributed by atoms with Crippen LogP contribution >= 0.6 is 11.8 Å². The van der Waals surface area contributed by atoms with Gasteiger partial charge in [-0.05, 0) is 29.9 Å². The lowest BCUT2D eigenvalue weighted by Gasteiger charge is -2.18. The van der Waals surface area contributed by atoms with Crippen molar-refractivity contribution >= 4 is 40.9 Å². The van der Waals surface area contributed by atoms with Crippen molar-refractivity contribution in [3.63, 3.8) is 0 Å². The van der Waals surface area contributed by atoms with Gasteiger partial charge in [0.05, 0.1) is 18.8 Å². The summed E-state index contributed by atoms with van der Waals surface area (Å²) in [4.78, 5) is 33.3. The molecule has 3 rings (SSSR count). The number of rotatable bonds is 4. The minimum absolute atomic E-state index is 0.0218. The van der Waals surface area contributed by atoms with E-state index in [1.54, 1.807) is 11.8 Å². The summed E-state index contributed by atoms with van der Waals surface area (Å²) in [5.41, 5.74) is 5.22. The number of thioether (sulfide) groups is 1. The maximum Gasteiger partial charge on any atom is 0.414 e. The van der Waals surface area contributed by atoms with Crippen molar-refractivity contribution in [2.24, 2.45) is 5.73 Å². The fourth-order valence-electron chi connectivity index (χ4n) is 2.87. The number of primary amides is 1. The van der Waals surface area contributed by atoms with Gasteiger partial charge in [0.2, 0.25) is 11.8 Å². The average molecular weight is 427 g/mol. The van der Waals surface area contributed by atoms with Crippen LogP contribution in [0.2, 0.25) is 0 Å². The van der Waals surface area contributed by atoms with Gasteiger partial charge in [0.1, 0.15) is 17.7 Å². The topological polar surface area (TPSA) is 102 Å². The molecule has 3 N–H and O–H groups in total. The van der Waals surface area contributed by atoms with E-state index in [0.717, 1.165) is 23.6 Å². The van der Waals surface area contributed by atoms with E-state index in [-0.39, 0.29) is 36.2 Å². The van der Waals surface area contributed by atoms with Gasteiger partial charge in [-0.15, -0.1) is 0 Å². The van der Waals surface area contributed by atoms with E-state index < -0.39 is 23.8 Å². The van der Waals surface area contributed by atoms with Crippen LogP contribution in [0.3, 0.4) is 0 Å². The molecular weight excluding hydrogens is 404 g/mol. The molecule has 1 atom stereocenters. The summed E-state index contributed by atoms with van der Waals surface area (Å²) in [6.45, 7) is 2.94. The molecule has 0 radical (unpaired) electrons. The van der Waals surface area contributed by atoms with Crippen LogP contribution in [-0.4, -0.2) is 48.6 Å². The van der Waals surface area contributed by atoms with Crippen molar-refractivity contribution in [3.05, 3.63) is 35.4 Å². The van der Waals surface area contributed by atoms with Gasteiger partial charge in [0, 0.05) is 25.2 Å². The number of nitrogens with zero attached hydrogens (tertiary/aromatic N) is 1. The second kappa shape index (κ2) is 10.2. The van der Waals surface area contributed by atoms with Gasteiger partial charge in [0.15, 0.2) is 0 Å². The van der Waals surface area contributed by atoms with E-state index in [2.05, 4.69) is 11.1 Å². The van der Waals surface area contributed by atoms with E-state index in [9.17, 15) is 23.2 Å². The Kier molecular flexibility index (Phi) is 8.00. The van der Waals surface area contributed by atoms with Gasteiger partial charge in [-0.2, -0.15) is 11.8 Å². The maximum atomic E-state index is 14.5. The molecule has 1 fully saturated rings. The minimum atomic E-state index is -0.689. The first-order chi connectivity index (χ1) is 13.7. The Labute approximate surface area is 171 Å². The molecule has 2 heterocycles. The van der Waals surface area contributed by atoms with Gasteiger partial charge in [-0.3, -0.25) is 14.5 Å². The first-order valence-corrected chi connectivity index (χ1v) is 10.1. The van der Waals surface area contributed by atoms with Crippen molar-refractivity contribution in [1.29, 1.82) is 0 Å². The lowest BCUT2D eigenvalue weighted by molar-refractivity contribution is -0.119. The Morgan fingerprint density at radius 3 is 2.45 bits per heavy atom. The molecule has 3 amide bonds. The van der Waals surface area contributed by atoms with Gasteiger partial charge in [0.25, 0.3) is 0 Å². The normalized spacial score (nSPS) is 18.3. The Hall–Kier alpha value is -2.62. The van der Waals surface area contributed by atoms with Crippen molar-refractivity contribution in [2.75, 3.05) is 29.5 Å². The van der Waals surface area contributed by atoms with Crippen molar-refractivity contribution in [3.8, 4) is 0 Å². The van der Waals surface area contributed by atoms with Crippen molar-refractivity contribution < 1.29 is 27.9 Å². The zero-order valence-electron chi connectivity index (χ0n) is 16.2. The Balaban J connectivity index is 0.000000687. The van der Waals surface area contributed by atoms with Gasteiger partial charge >= 0.3 is 6.09 Å². The van der Waals surface area contributed by atoms with E-state index in [0.29, 0.717) is 12.0 Å². The molecule has 1 saturated heterocycles. The second-order valence-corrected chi connectivity index (χ2v) is 7.65. The largest absolute Gasteiger partial charge is 0.442 e. The van der Waals surface area contributed by atoms with Crippen LogP contribution in [0.25, 0.3) is 5.57 Å². The van der Waals surface area contributed by atoms with Crippen LogP contribution in [0.4, 0.5) is 19.3 Å². The van der Waals surface area contributed by atoms with Crippen LogP contribution in [0, 0.1) is 11.6 Å². The summed E-state index contributed by atoms with van der Waals surface area (Å²) in [7, 11) is 0. The molecule has 2 aliphatic heterocycles. The number of hydrogen-bond donors (Lipinski definition) is 2. The molecule has 29 heavy (non-hydrogen) atoms. The highest BCUT2D eigenvalue weighted by molar-refractivity contribution is 7.99. The van der Waals surface area contributed by atoms with Gasteiger partial charge in [-0.25, -0.2) is 13.6 Å². The summed E-state index contributed by atoms with van der Waals surface area (Å²) in [6.07, 6.45) is 1.21. The molecule has 1 aromatic carbocycles. The summed E-state index contributed by atoms with van der Waals surface area (Å²) in [5.74, 6) is -0.387. The number of benzene rings is 1. The molecule has 2 aliphatic rings. The number of carbonyl (C=O) groups excluding carboxylic acids is 3. The molecule has 0 bridgehead atoms. The molecule has 7 nitrogen and oxygen atoms in total. The molecule has 10 heteroatoms. The molecular formula is C19H23F2N3O4S. The smallest absolute Gasteiger partial charge is 0.414 e. The fourth-order valence-corrected chi connectivity index (χ4v) is 3.72. The zero-order valence-corrected chi connectivity index (χ0v) is 17.0. The number of anilines is 1. The highest BCUT2D eigenvalue weighted by Gasteiger charge is 2.33. The molecule has 1 aromatic rings.